The summed E-state index contributed by atoms with van der Waals surface area (Å²) in [4.78, 5) is 16.7. The van der Waals surface area contributed by atoms with E-state index in [0.717, 1.165) is 29.3 Å². The second kappa shape index (κ2) is 12.4. The molecule has 0 aliphatic carbocycles. The molecule has 0 bridgehead atoms. The fourth-order valence-corrected chi connectivity index (χ4v) is 3.41. The molecule has 168 valence electrons. The number of nitrogens with zero attached hydrogens (tertiary/aromatic N) is 1. The summed E-state index contributed by atoms with van der Waals surface area (Å²) in [5, 5.41) is 9.57. The molecule has 2 atom stereocenters. The van der Waals surface area contributed by atoms with Crippen LogP contribution in [0.25, 0.3) is 0 Å². The molecule has 3 N–H and O–H groups in total. The van der Waals surface area contributed by atoms with Crippen molar-refractivity contribution in [3.05, 3.63) is 54.1 Å². The van der Waals surface area contributed by atoms with Crippen molar-refractivity contribution in [2.45, 2.75) is 32.3 Å². The molecule has 31 heavy (non-hydrogen) atoms. The number of nitrogens with one attached hydrogen (secondary N) is 3. The Balaban J connectivity index is 0.00000341. The van der Waals surface area contributed by atoms with Crippen molar-refractivity contribution in [1.82, 2.24) is 10.6 Å². The van der Waals surface area contributed by atoms with Crippen LogP contribution in [-0.4, -0.2) is 44.7 Å². The lowest BCUT2D eigenvalue weighted by molar-refractivity contribution is -0.116. The molecular weight excluding hydrogens is 507 g/mol. The number of hydrogen-bond acceptors (Lipinski definition) is 4. The second-order valence-corrected chi connectivity index (χ2v) is 7.24. The zero-order valence-electron chi connectivity index (χ0n) is 18.2. The predicted octanol–water partition coefficient (Wildman–Crippen LogP) is 3.76. The molecule has 1 heterocycles. The molecule has 8 heteroatoms. The number of carbonyl (C=O) groups is 1. The van der Waals surface area contributed by atoms with Crippen molar-refractivity contribution < 1.29 is 14.3 Å². The van der Waals surface area contributed by atoms with Gasteiger partial charge in [-0.3, -0.25) is 4.79 Å². The lowest BCUT2D eigenvalue weighted by Crippen LogP contribution is -2.41. The Labute approximate surface area is 201 Å². The Morgan fingerprint density at radius 1 is 1.19 bits per heavy atom. The lowest BCUT2D eigenvalue weighted by Gasteiger charge is -2.26. The van der Waals surface area contributed by atoms with Crippen LogP contribution < -0.4 is 25.4 Å². The van der Waals surface area contributed by atoms with Crippen LogP contribution in [0.15, 0.2) is 53.5 Å². The fraction of sp³-hybridized carbons (Fsp3) is 0.391. The zero-order valence-corrected chi connectivity index (χ0v) is 20.5. The van der Waals surface area contributed by atoms with E-state index in [-0.39, 0.29) is 41.9 Å². The van der Waals surface area contributed by atoms with Crippen molar-refractivity contribution >= 4 is 41.5 Å². The van der Waals surface area contributed by atoms with Crippen molar-refractivity contribution in [1.29, 1.82) is 0 Å². The van der Waals surface area contributed by atoms with Crippen molar-refractivity contribution in [3.63, 3.8) is 0 Å². The number of aliphatic imine (C=N–C) groups is 1. The highest BCUT2D eigenvalue weighted by Gasteiger charge is 2.24. The number of benzene rings is 2. The number of anilines is 1. The van der Waals surface area contributed by atoms with Crippen LogP contribution in [0.4, 0.5) is 5.69 Å². The van der Waals surface area contributed by atoms with Gasteiger partial charge < -0.3 is 25.4 Å². The first-order valence-corrected chi connectivity index (χ1v) is 10.3. The molecule has 0 saturated carbocycles. The van der Waals surface area contributed by atoms with E-state index in [0.29, 0.717) is 25.5 Å². The maximum Gasteiger partial charge on any atom is 0.225 e. The van der Waals surface area contributed by atoms with E-state index in [9.17, 15) is 4.79 Å². The van der Waals surface area contributed by atoms with Crippen LogP contribution in [0, 0.1) is 0 Å². The fourth-order valence-electron chi connectivity index (χ4n) is 3.41. The quantitative estimate of drug-likeness (QED) is 0.271. The van der Waals surface area contributed by atoms with Crippen LogP contribution in [0.2, 0.25) is 0 Å². The number of methoxy groups -OCH3 is 1. The van der Waals surface area contributed by atoms with Crippen LogP contribution in [0.1, 0.15) is 31.7 Å². The van der Waals surface area contributed by atoms with E-state index in [1.165, 1.54) is 0 Å². The average Bonchev–Trinajstić information content (AvgIpc) is 2.75. The number of carbonyl (C=O) groups excluding carboxylic acids is 1. The highest BCUT2D eigenvalue weighted by Crippen LogP contribution is 2.31. The highest BCUT2D eigenvalue weighted by molar-refractivity contribution is 14.0. The first-order chi connectivity index (χ1) is 14.6. The first-order valence-electron chi connectivity index (χ1n) is 10.3. The molecule has 0 saturated heterocycles. The Hall–Kier alpha value is -2.49. The number of fused-ring (bicyclic) bond motifs is 1. The van der Waals surface area contributed by atoms with Crippen molar-refractivity contribution in [2.75, 3.05) is 32.1 Å². The van der Waals surface area contributed by atoms with Gasteiger partial charge in [-0.2, -0.15) is 0 Å². The SMILES string of the molecule is CCNC(=NCC(C)Oc1cccc(OC)c1)NCC1CC(=O)Nc2ccccc21.I. The van der Waals surface area contributed by atoms with E-state index in [4.69, 9.17) is 9.47 Å². The van der Waals surface area contributed by atoms with Gasteiger partial charge in [-0.1, -0.05) is 24.3 Å². The van der Waals surface area contributed by atoms with Crippen LogP contribution in [-0.2, 0) is 4.79 Å². The molecule has 1 aliphatic rings. The van der Waals surface area contributed by atoms with Crippen molar-refractivity contribution in [2.24, 2.45) is 4.99 Å². The number of para-hydroxylation sites is 1. The summed E-state index contributed by atoms with van der Waals surface area (Å²) < 4.78 is 11.2. The van der Waals surface area contributed by atoms with Crippen LogP contribution in [0.5, 0.6) is 11.5 Å². The summed E-state index contributed by atoms with van der Waals surface area (Å²) >= 11 is 0. The topological polar surface area (TPSA) is 84.0 Å². The molecule has 3 rings (SSSR count). The highest BCUT2D eigenvalue weighted by atomic mass is 127. The smallest absolute Gasteiger partial charge is 0.225 e. The summed E-state index contributed by atoms with van der Waals surface area (Å²) in [6.45, 7) is 5.87. The Kier molecular flexibility index (Phi) is 9.90. The summed E-state index contributed by atoms with van der Waals surface area (Å²) in [6.07, 6.45) is 0.354. The van der Waals surface area contributed by atoms with E-state index in [1.807, 2.05) is 56.3 Å². The number of hydrogen-bond donors (Lipinski definition) is 3. The monoisotopic (exact) mass is 538 g/mol. The minimum absolute atomic E-state index is 0. The van der Waals surface area contributed by atoms with E-state index < -0.39 is 0 Å². The number of guanidine groups is 1. The van der Waals surface area contributed by atoms with Gasteiger partial charge in [0.2, 0.25) is 5.91 Å². The second-order valence-electron chi connectivity index (χ2n) is 7.24. The molecular formula is C23H31IN4O3. The van der Waals surface area contributed by atoms with E-state index in [1.54, 1.807) is 7.11 Å². The van der Waals surface area contributed by atoms with Gasteiger partial charge in [0.1, 0.15) is 17.6 Å². The number of amides is 1. The van der Waals surface area contributed by atoms with Gasteiger partial charge in [0.15, 0.2) is 5.96 Å². The minimum atomic E-state index is -0.103. The van der Waals surface area contributed by atoms with E-state index >= 15 is 0 Å². The van der Waals surface area contributed by atoms with Gasteiger partial charge in [0.05, 0.1) is 13.7 Å². The largest absolute Gasteiger partial charge is 0.497 e. The molecule has 0 radical (unpaired) electrons. The lowest BCUT2D eigenvalue weighted by atomic mass is 9.90. The molecule has 7 nitrogen and oxygen atoms in total. The predicted molar refractivity (Wildman–Crippen MR) is 135 cm³/mol. The summed E-state index contributed by atoms with van der Waals surface area (Å²) in [7, 11) is 1.63. The molecule has 0 spiro atoms. The standard InChI is InChI=1S/C23H30N4O3.HI/c1-4-24-23(25-14-16(2)30-19-9-7-8-18(13-19)29-3)26-15-17-12-22(28)27-21-11-6-5-10-20(17)21;/h5-11,13,16-17H,4,12,14-15H2,1-3H3,(H,27,28)(H2,24,25,26);1H. The Morgan fingerprint density at radius 2 is 1.97 bits per heavy atom. The normalized spacial score (nSPS) is 16.3. The number of ether oxygens (including phenoxy) is 2. The van der Waals surface area contributed by atoms with Gasteiger partial charge in [0, 0.05) is 37.2 Å². The molecule has 1 aliphatic heterocycles. The Bertz CT molecular complexity index is 891. The molecule has 2 unspecified atom stereocenters. The maximum atomic E-state index is 12.0. The Morgan fingerprint density at radius 3 is 2.74 bits per heavy atom. The third-order valence-electron chi connectivity index (χ3n) is 4.85. The third-order valence-corrected chi connectivity index (χ3v) is 4.85. The number of halogens is 1. The molecule has 0 aromatic heterocycles. The van der Waals surface area contributed by atoms with Gasteiger partial charge >= 0.3 is 0 Å². The first kappa shape index (κ1) is 24.8. The van der Waals surface area contributed by atoms with Crippen LogP contribution in [0.3, 0.4) is 0 Å². The van der Waals surface area contributed by atoms with Gasteiger partial charge in [-0.05, 0) is 37.6 Å². The molecule has 2 aromatic rings. The van der Waals surface area contributed by atoms with Crippen LogP contribution >= 0.6 is 24.0 Å². The summed E-state index contributed by atoms with van der Waals surface area (Å²) in [6, 6.07) is 15.5. The summed E-state index contributed by atoms with van der Waals surface area (Å²) in [5.41, 5.74) is 2.04. The van der Waals surface area contributed by atoms with Gasteiger partial charge in [0.25, 0.3) is 0 Å². The summed E-state index contributed by atoms with van der Waals surface area (Å²) in [5.74, 6) is 2.36. The van der Waals surface area contributed by atoms with Crippen molar-refractivity contribution in [3.8, 4) is 11.5 Å². The minimum Gasteiger partial charge on any atom is -0.497 e. The number of rotatable bonds is 8. The maximum absolute atomic E-state index is 12.0. The molecule has 2 aromatic carbocycles. The molecule has 1 amide bonds. The van der Waals surface area contributed by atoms with Gasteiger partial charge in [-0.15, -0.1) is 24.0 Å². The van der Waals surface area contributed by atoms with E-state index in [2.05, 4.69) is 27.0 Å². The average molecular weight is 538 g/mol. The molecule has 0 fully saturated rings. The van der Waals surface area contributed by atoms with Gasteiger partial charge in [-0.25, -0.2) is 4.99 Å². The third kappa shape index (κ3) is 7.30. The zero-order chi connectivity index (χ0) is 21.3.